The summed E-state index contributed by atoms with van der Waals surface area (Å²) in [4.78, 5) is 4.29. The minimum atomic E-state index is 0.461. The van der Waals surface area contributed by atoms with E-state index in [1.54, 1.807) is 4.52 Å². The highest BCUT2D eigenvalue weighted by Gasteiger charge is 2.06. The van der Waals surface area contributed by atoms with Crippen molar-refractivity contribution in [3.05, 3.63) is 17.7 Å². The van der Waals surface area contributed by atoms with E-state index in [0.717, 1.165) is 17.3 Å². The van der Waals surface area contributed by atoms with Crippen LogP contribution in [0.5, 0.6) is 0 Å². The largest absolute Gasteiger partial charge is 0.325 e. The molecular formula is C7H11N5. The number of aromatic nitrogens is 4. The lowest BCUT2D eigenvalue weighted by atomic mass is 10.5. The number of rotatable bonds is 1. The van der Waals surface area contributed by atoms with Crippen molar-refractivity contribution in [2.75, 3.05) is 0 Å². The van der Waals surface area contributed by atoms with Crippen LogP contribution in [-0.2, 0) is 13.6 Å². The number of nitrogens with two attached hydrogens (primary N) is 1. The Kier molecular flexibility index (Phi) is 1.41. The molecule has 5 heteroatoms. The fraction of sp³-hybridized carbons (Fsp3) is 0.429. The highest BCUT2D eigenvalue weighted by atomic mass is 15.4. The first-order valence-electron chi connectivity index (χ1n) is 3.80. The molecule has 0 amide bonds. The van der Waals surface area contributed by atoms with Crippen molar-refractivity contribution in [1.29, 1.82) is 0 Å². The first-order chi connectivity index (χ1) is 5.72. The van der Waals surface area contributed by atoms with Gasteiger partial charge in [-0.25, -0.2) is 9.50 Å². The van der Waals surface area contributed by atoms with Gasteiger partial charge in [-0.05, 0) is 6.92 Å². The molecule has 0 aromatic carbocycles. The molecule has 0 bridgehead atoms. The summed E-state index contributed by atoms with van der Waals surface area (Å²) in [6.45, 7) is 2.40. The maximum atomic E-state index is 5.45. The molecule has 0 radical (unpaired) electrons. The number of hydrogen-bond acceptors (Lipinski definition) is 3. The van der Waals surface area contributed by atoms with Gasteiger partial charge in [-0.2, -0.15) is 5.10 Å². The molecule has 2 aromatic rings. The minimum Gasteiger partial charge on any atom is -0.325 e. The van der Waals surface area contributed by atoms with Crippen LogP contribution in [0.3, 0.4) is 0 Å². The Labute approximate surface area is 69.8 Å². The Morgan fingerprint density at radius 1 is 1.58 bits per heavy atom. The van der Waals surface area contributed by atoms with E-state index >= 15 is 0 Å². The second-order valence-electron chi connectivity index (χ2n) is 2.79. The van der Waals surface area contributed by atoms with Gasteiger partial charge < -0.3 is 10.3 Å². The molecule has 2 N–H and O–H groups in total. The van der Waals surface area contributed by atoms with Crippen molar-refractivity contribution in [2.45, 2.75) is 13.5 Å². The van der Waals surface area contributed by atoms with Crippen molar-refractivity contribution >= 4 is 5.78 Å². The molecule has 0 fully saturated rings. The van der Waals surface area contributed by atoms with E-state index in [1.807, 2.05) is 24.7 Å². The van der Waals surface area contributed by atoms with E-state index in [0.29, 0.717) is 6.54 Å². The van der Waals surface area contributed by atoms with Gasteiger partial charge in [0.05, 0.1) is 11.9 Å². The summed E-state index contributed by atoms with van der Waals surface area (Å²) in [6.07, 6.45) is 1.85. The average molecular weight is 165 g/mol. The van der Waals surface area contributed by atoms with Crippen LogP contribution in [0.25, 0.3) is 5.78 Å². The van der Waals surface area contributed by atoms with Crippen LogP contribution in [0.15, 0.2) is 6.20 Å². The molecular weight excluding hydrogens is 154 g/mol. The van der Waals surface area contributed by atoms with Crippen molar-refractivity contribution in [3.8, 4) is 0 Å². The Morgan fingerprint density at radius 3 is 2.92 bits per heavy atom. The summed E-state index contributed by atoms with van der Waals surface area (Å²) in [5.74, 6) is 1.79. The third-order valence-corrected chi connectivity index (χ3v) is 1.97. The summed E-state index contributed by atoms with van der Waals surface area (Å²) in [5.41, 5.74) is 6.32. The number of aryl methyl sites for hydroxylation is 2. The standard InChI is InChI=1S/C7H11N5/c1-5-10-12-4-6(3-8)9-7(12)11(5)2/h4H,3,8H2,1-2H3. The summed E-state index contributed by atoms with van der Waals surface area (Å²) < 4.78 is 3.68. The van der Waals surface area contributed by atoms with Gasteiger partial charge in [0.1, 0.15) is 5.82 Å². The van der Waals surface area contributed by atoms with E-state index in [4.69, 9.17) is 5.73 Å². The van der Waals surface area contributed by atoms with Gasteiger partial charge in [-0.3, -0.25) is 0 Å². The lowest BCUT2D eigenvalue weighted by molar-refractivity contribution is 0.856. The minimum absolute atomic E-state index is 0.461. The van der Waals surface area contributed by atoms with Gasteiger partial charge in [-0.15, -0.1) is 0 Å². The molecule has 2 aromatic heterocycles. The SMILES string of the molecule is Cc1nn2cc(CN)nc2n1C. The monoisotopic (exact) mass is 165 g/mol. The van der Waals surface area contributed by atoms with Gasteiger partial charge in [0, 0.05) is 13.6 Å². The molecule has 0 saturated carbocycles. The first-order valence-corrected chi connectivity index (χ1v) is 3.80. The van der Waals surface area contributed by atoms with Gasteiger partial charge in [-0.1, -0.05) is 0 Å². The Morgan fingerprint density at radius 2 is 2.33 bits per heavy atom. The predicted molar refractivity (Wildman–Crippen MR) is 44.6 cm³/mol. The van der Waals surface area contributed by atoms with E-state index < -0.39 is 0 Å². The lowest BCUT2D eigenvalue weighted by Crippen LogP contribution is -1.97. The number of fused-ring (bicyclic) bond motifs is 1. The zero-order valence-corrected chi connectivity index (χ0v) is 7.15. The van der Waals surface area contributed by atoms with Crippen molar-refractivity contribution in [3.63, 3.8) is 0 Å². The highest BCUT2D eigenvalue weighted by Crippen LogP contribution is 2.04. The second-order valence-corrected chi connectivity index (χ2v) is 2.79. The van der Waals surface area contributed by atoms with Gasteiger partial charge in [0.2, 0.25) is 5.78 Å². The van der Waals surface area contributed by atoms with Crippen LogP contribution in [0.1, 0.15) is 11.5 Å². The maximum absolute atomic E-state index is 5.45. The topological polar surface area (TPSA) is 61.1 Å². The van der Waals surface area contributed by atoms with E-state index in [1.165, 1.54) is 0 Å². The van der Waals surface area contributed by atoms with Crippen molar-refractivity contribution in [2.24, 2.45) is 12.8 Å². The van der Waals surface area contributed by atoms with Crippen LogP contribution in [-0.4, -0.2) is 19.2 Å². The summed E-state index contributed by atoms with van der Waals surface area (Å²) in [7, 11) is 1.94. The third-order valence-electron chi connectivity index (χ3n) is 1.97. The maximum Gasteiger partial charge on any atom is 0.232 e. The predicted octanol–water partition coefficient (Wildman–Crippen LogP) is -0.165. The fourth-order valence-corrected chi connectivity index (χ4v) is 1.18. The van der Waals surface area contributed by atoms with E-state index in [9.17, 15) is 0 Å². The Balaban J connectivity index is 2.71. The van der Waals surface area contributed by atoms with E-state index in [-0.39, 0.29) is 0 Å². The molecule has 0 saturated heterocycles. The summed E-state index contributed by atoms with van der Waals surface area (Å²) in [5, 5.41) is 4.24. The molecule has 5 nitrogen and oxygen atoms in total. The van der Waals surface area contributed by atoms with Crippen LogP contribution in [0.2, 0.25) is 0 Å². The Bertz CT molecular complexity index is 411. The zero-order valence-electron chi connectivity index (χ0n) is 7.15. The zero-order chi connectivity index (χ0) is 8.72. The highest BCUT2D eigenvalue weighted by molar-refractivity contribution is 5.31. The lowest BCUT2D eigenvalue weighted by Gasteiger charge is -1.90. The molecule has 64 valence electrons. The van der Waals surface area contributed by atoms with Crippen LogP contribution in [0, 0.1) is 6.92 Å². The molecule has 0 aliphatic heterocycles. The van der Waals surface area contributed by atoms with Gasteiger partial charge in [0.15, 0.2) is 0 Å². The van der Waals surface area contributed by atoms with Crippen molar-refractivity contribution in [1.82, 2.24) is 19.2 Å². The molecule has 0 unspecified atom stereocenters. The molecule has 2 heterocycles. The summed E-state index contributed by atoms with van der Waals surface area (Å²) in [6, 6.07) is 0. The molecule has 0 aliphatic rings. The molecule has 0 spiro atoms. The summed E-state index contributed by atoms with van der Waals surface area (Å²) >= 11 is 0. The normalized spacial score (nSPS) is 11.2. The van der Waals surface area contributed by atoms with Gasteiger partial charge >= 0.3 is 0 Å². The van der Waals surface area contributed by atoms with Crippen LogP contribution in [0.4, 0.5) is 0 Å². The number of hydrogen-bond donors (Lipinski definition) is 1. The molecule has 2 rings (SSSR count). The molecule has 0 aliphatic carbocycles. The smallest absolute Gasteiger partial charge is 0.232 e. The fourth-order valence-electron chi connectivity index (χ4n) is 1.18. The molecule has 0 atom stereocenters. The molecule has 12 heavy (non-hydrogen) atoms. The van der Waals surface area contributed by atoms with E-state index in [2.05, 4.69) is 10.1 Å². The third kappa shape index (κ3) is 0.831. The average Bonchev–Trinajstić information content (AvgIpc) is 2.55. The number of nitrogens with zero attached hydrogens (tertiary/aromatic N) is 4. The van der Waals surface area contributed by atoms with Crippen molar-refractivity contribution < 1.29 is 0 Å². The second kappa shape index (κ2) is 2.31. The Hall–Kier alpha value is -1.36. The van der Waals surface area contributed by atoms with Crippen LogP contribution >= 0.6 is 0 Å². The first kappa shape index (κ1) is 7.30. The number of imidazole rings is 1. The quantitative estimate of drug-likeness (QED) is 0.638. The van der Waals surface area contributed by atoms with Crippen LogP contribution < -0.4 is 5.73 Å². The van der Waals surface area contributed by atoms with Gasteiger partial charge in [0.25, 0.3) is 0 Å².